The van der Waals surface area contributed by atoms with E-state index in [0.717, 1.165) is 18.1 Å². The SMILES string of the molecule is CCCCCC1CCC(C2COC(C3CCC(C(F)(F)Oc4ccc(-c5cc(F)c(C=CC(F)(F)F)c(F)c5)c(F)c4)CC3)OC2)CC1. The highest BCUT2D eigenvalue weighted by molar-refractivity contribution is 5.68. The molecule has 0 spiro atoms. The number of unbranched alkanes of at least 4 members (excludes halogenated alkanes) is 2. The van der Waals surface area contributed by atoms with Gasteiger partial charge in [-0.1, -0.05) is 45.4 Å². The average Bonchev–Trinajstić information content (AvgIpc) is 3.04. The van der Waals surface area contributed by atoms with Crippen LogP contribution in [0.5, 0.6) is 5.75 Å². The van der Waals surface area contributed by atoms with Gasteiger partial charge in [-0.2, -0.15) is 22.0 Å². The summed E-state index contributed by atoms with van der Waals surface area (Å²) >= 11 is 0. The Morgan fingerprint density at radius 3 is 1.96 bits per heavy atom. The second-order valence-corrected chi connectivity index (χ2v) is 13.7. The van der Waals surface area contributed by atoms with Crippen LogP contribution < -0.4 is 4.74 Å². The standard InChI is InChI=1S/C37H44F8O3/c1-2-3-4-5-23-6-8-24(9-7-23)27-21-46-35(47-22-27)25-10-12-28(13-11-25)37(44,45)48-29-14-15-30(34(40)20-29)26-18-32(38)31(33(39)19-26)16-17-36(41,42)43/h14-20,23-25,27-28,35H,2-13,21-22H2,1H3. The number of hydrogen-bond acceptors (Lipinski definition) is 3. The molecule has 0 radical (unpaired) electrons. The van der Waals surface area contributed by atoms with Crippen LogP contribution in [0.15, 0.2) is 36.4 Å². The third-order valence-corrected chi connectivity index (χ3v) is 10.4. The minimum atomic E-state index is -4.78. The van der Waals surface area contributed by atoms with Gasteiger partial charge in [-0.05, 0) is 86.3 Å². The van der Waals surface area contributed by atoms with Gasteiger partial charge in [-0.15, -0.1) is 0 Å². The molecule has 0 atom stereocenters. The molecule has 2 aliphatic carbocycles. The van der Waals surface area contributed by atoms with Crippen molar-refractivity contribution >= 4 is 6.08 Å². The molecule has 2 aromatic rings. The van der Waals surface area contributed by atoms with Crippen LogP contribution in [0.2, 0.25) is 0 Å². The zero-order valence-corrected chi connectivity index (χ0v) is 27.2. The second-order valence-electron chi connectivity index (χ2n) is 13.7. The van der Waals surface area contributed by atoms with E-state index in [1.54, 1.807) is 0 Å². The van der Waals surface area contributed by atoms with E-state index in [1.165, 1.54) is 51.4 Å². The molecule has 2 aromatic carbocycles. The number of alkyl halides is 5. The molecule has 0 unspecified atom stereocenters. The largest absolute Gasteiger partial charge is 0.432 e. The van der Waals surface area contributed by atoms with Crippen LogP contribution in [0.4, 0.5) is 35.1 Å². The first-order valence-corrected chi connectivity index (χ1v) is 17.2. The summed E-state index contributed by atoms with van der Waals surface area (Å²) in [5, 5.41) is 0. The van der Waals surface area contributed by atoms with Gasteiger partial charge in [-0.3, -0.25) is 0 Å². The van der Waals surface area contributed by atoms with E-state index in [2.05, 4.69) is 6.92 Å². The highest BCUT2D eigenvalue weighted by Crippen LogP contribution is 2.44. The summed E-state index contributed by atoms with van der Waals surface area (Å²) in [4.78, 5) is 0. The third kappa shape index (κ3) is 9.52. The van der Waals surface area contributed by atoms with E-state index >= 15 is 8.78 Å². The molecule has 1 aliphatic heterocycles. The summed E-state index contributed by atoms with van der Waals surface area (Å²) in [5.74, 6) is -3.53. The van der Waals surface area contributed by atoms with Crippen molar-refractivity contribution in [2.24, 2.45) is 29.6 Å². The lowest BCUT2D eigenvalue weighted by Crippen LogP contribution is -2.43. The Bertz CT molecular complexity index is 1350. The monoisotopic (exact) mass is 688 g/mol. The van der Waals surface area contributed by atoms with Crippen molar-refractivity contribution in [1.29, 1.82) is 0 Å². The Hall–Kier alpha value is -2.66. The summed E-state index contributed by atoms with van der Waals surface area (Å²) in [7, 11) is 0. The van der Waals surface area contributed by atoms with E-state index in [9.17, 15) is 26.3 Å². The minimum absolute atomic E-state index is 0.000150. The Morgan fingerprint density at radius 2 is 1.38 bits per heavy atom. The van der Waals surface area contributed by atoms with Crippen LogP contribution >= 0.6 is 0 Å². The molecule has 1 saturated heterocycles. The Morgan fingerprint density at radius 1 is 0.750 bits per heavy atom. The zero-order chi connectivity index (χ0) is 34.5. The molecule has 3 nitrogen and oxygen atoms in total. The first-order valence-electron chi connectivity index (χ1n) is 17.2. The fraction of sp³-hybridized carbons (Fsp3) is 0.622. The van der Waals surface area contributed by atoms with Crippen molar-refractivity contribution in [3.63, 3.8) is 0 Å². The van der Waals surface area contributed by atoms with E-state index in [0.29, 0.717) is 56.1 Å². The van der Waals surface area contributed by atoms with Crippen molar-refractivity contribution in [1.82, 2.24) is 0 Å². The van der Waals surface area contributed by atoms with Crippen LogP contribution in [0.25, 0.3) is 17.2 Å². The molecule has 0 N–H and O–H groups in total. The van der Waals surface area contributed by atoms with Gasteiger partial charge in [0, 0.05) is 35.1 Å². The van der Waals surface area contributed by atoms with Crippen LogP contribution in [-0.2, 0) is 9.47 Å². The van der Waals surface area contributed by atoms with Gasteiger partial charge >= 0.3 is 12.3 Å². The van der Waals surface area contributed by atoms with E-state index in [1.807, 2.05) is 0 Å². The predicted molar refractivity (Wildman–Crippen MR) is 167 cm³/mol. The molecule has 266 valence electrons. The molecule has 1 heterocycles. The lowest BCUT2D eigenvalue weighted by atomic mass is 9.74. The molecule has 48 heavy (non-hydrogen) atoms. The highest BCUT2D eigenvalue weighted by atomic mass is 19.4. The van der Waals surface area contributed by atoms with Gasteiger partial charge in [0.2, 0.25) is 0 Å². The van der Waals surface area contributed by atoms with Gasteiger partial charge in [-0.25, -0.2) is 13.2 Å². The molecule has 0 aromatic heterocycles. The van der Waals surface area contributed by atoms with Crippen molar-refractivity contribution < 1.29 is 49.3 Å². The smallest absolute Gasteiger partial charge is 0.409 e. The molecule has 2 saturated carbocycles. The molecule has 3 fully saturated rings. The lowest BCUT2D eigenvalue weighted by Gasteiger charge is -2.41. The summed E-state index contributed by atoms with van der Waals surface area (Å²) in [6.07, 6.45) is 2.57. The average molecular weight is 689 g/mol. The van der Waals surface area contributed by atoms with E-state index in [4.69, 9.17) is 14.2 Å². The maximum atomic E-state index is 15.2. The molecule has 11 heteroatoms. The Labute approximate surface area is 277 Å². The molecular weight excluding hydrogens is 644 g/mol. The van der Waals surface area contributed by atoms with Crippen LogP contribution in [0.1, 0.15) is 89.5 Å². The van der Waals surface area contributed by atoms with Crippen molar-refractivity contribution in [3.8, 4) is 16.9 Å². The topological polar surface area (TPSA) is 27.7 Å². The van der Waals surface area contributed by atoms with Crippen molar-refractivity contribution in [3.05, 3.63) is 59.4 Å². The second kappa shape index (κ2) is 15.9. The Balaban J connectivity index is 1.09. The normalized spacial score (nSPS) is 27.4. The van der Waals surface area contributed by atoms with Gasteiger partial charge in [0.1, 0.15) is 23.2 Å². The number of ether oxygens (including phenoxy) is 3. The van der Waals surface area contributed by atoms with Gasteiger partial charge < -0.3 is 14.2 Å². The molecule has 0 bridgehead atoms. The number of halogens is 8. The molecule has 0 amide bonds. The quantitative estimate of drug-likeness (QED) is 0.174. The fourth-order valence-electron chi connectivity index (χ4n) is 7.55. The maximum Gasteiger partial charge on any atom is 0.409 e. The third-order valence-electron chi connectivity index (χ3n) is 10.4. The van der Waals surface area contributed by atoms with Crippen molar-refractivity contribution in [2.75, 3.05) is 13.2 Å². The van der Waals surface area contributed by atoms with Crippen LogP contribution in [0, 0.1) is 47.0 Å². The van der Waals surface area contributed by atoms with Crippen LogP contribution in [0.3, 0.4) is 0 Å². The Kier molecular flexibility index (Phi) is 12.1. The number of rotatable bonds is 11. The summed E-state index contributed by atoms with van der Waals surface area (Å²) in [6.45, 7) is 3.50. The van der Waals surface area contributed by atoms with Gasteiger partial charge in [0.05, 0.1) is 19.1 Å². The van der Waals surface area contributed by atoms with Crippen molar-refractivity contribution in [2.45, 2.75) is 103 Å². The zero-order valence-electron chi connectivity index (χ0n) is 27.2. The van der Waals surface area contributed by atoms with Gasteiger partial charge in [0.15, 0.2) is 6.29 Å². The highest BCUT2D eigenvalue weighted by Gasteiger charge is 2.46. The summed E-state index contributed by atoms with van der Waals surface area (Å²) in [6, 6.07) is 4.13. The summed E-state index contributed by atoms with van der Waals surface area (Å²) < 4.78 is 129. The van der Waals surface area contributed by atoms with Crippen LogP contribution in [-0.4, -0.2) is 31.8 Å². The first-order chi connectivity index (χ1) is 22.8. The molecular formula is C37H44F8O3. The minimum Gasteiger partial charge on any atom is -0.432 e. The summed E-state index contributed by atoms with van der Waals surface area (Å²) in [5.41, 5.74) is -1.59. The van der Waals surface area contributed by atoms with Gasteiger partial charge in [0.25, 0.3) is 0 Å². The lowest BCUT2D eigenvalue weighted by molar-refractivity contribution is -0.251. The first kappa shape index (κ1) is 36.6. The molecule has 5 rings (SSSR count). The maximum absolute atomic E-state index is 15.2. The van der Waals surface area contributed by atoms with E-state index in [-0.39, 0.29) is 42.0 Å². The number of benzene rings is 2. The number of allylic oxidation sites excluding steroid dienone is 1. The number of hydrogen-bond donors (Lipinski definition) is 0. The van der Waals surface area contributed by atoms with E-state index < -0.39 is 53.3 Å². The predicted octanol–water partition coefficient (Wildman–Crippen LogP) is 11.5. The molecule has 3 aliphatic rings. The fourth-order valence-corrected chi connectivity index (χ4v) is 7.55.